The van der Waals surface area contributed by atoms with E-state index in [1.165, 1.54) is 12.4 Å². The van der Waals surface area contributed by atoms with Crippen LogP contribution in [0.5, 0.6) is 5.75 Å². The van der Waals surface area contributed by atoms with E-state index in [0.717, 1.165) is 30.3 Å². The lowest BCUT2D eigenvalue weighted by molar-refractivity contribution is -0.136. The molecule has 2 aromatic carbocycles. The van der Waals surface area contributed by atoms with Crippen molar-refractivity contribution in [2.24, 2.45) is 5.41 Å². The summed E-state index contributed by atoms with van der Waals surface area (Å²) in [6.07, 6.45) is 3.76. The Morgan fingerprint density at radius 3 is 2.81 bits per heavy atom. The van der Waals surface area contributed by atoms with Crippen molar-refractivity contribution < 1.29 is 9.90 Å². The van der Waals surface area contributed by atoms with E-state index in [1.807, 2.05) is 24.3 Å². The zero-order chi connectivity index (χ0) is 21.6. The van der Waals surface area contributed by atoms with Crippen LogP contribution < -0.4 is 4.90 Å². The summed E-state index contributed by atoms with van der Waals surface area (Å²) in [5.74, 6) is 0.687. The first-order chi connectivity index (χ1) is 15.0. The molecule has 1 N–H and O–H groups in total. The van der Waals surface area contributed by atoms with Crippen LogP contribution in [0, 0.1) is 16.7 Å². The molecule has 5 rings (SSSR count). The minimum absolute atomic E-state index is 0.0359. The number of anilines is 1. The van der Waals surface area contributed by atoms with Crippen LogP contribution in [-0.4, -0.2) is 52.1 Å². The van der Waals surface area contributed by atoms with E-state index in [-0.39, 0.29) is 17.1 Å². The van der Waals surface area contributed by atoms with E-state index >= 15 is 0 Å². The molecule has 3 heterocycles. The minimum atomic E-state index is -0.0399. The second-order valence-electron chi connectivity index (χ2n) is 8.32. The largest absolute Gasteiger partial charge is 0.508 e. The lowest BCUT2D eigenvalue weighted by Gasteiger charge is -2.47. The second-order valence-corrected chi connectivity index (χ2v) is 8.32. The molecule has 0 atom stereocenters. The number of aromatic hydroxyl groups is 1. The van der Waals surface area contributed by atoms with Crippen LogP contribution in [0.25, 0.3) is 22.0 Å². The van der Waals surface area contributed by atoms with Crippen LogP contribution in [0.1, 0.15) is 12.0 Å². The number of fused-ring (bicyclic) bond motifs is 1. The predicted octanol–water partition coefficient (Wildman–Crippen LogP) is 3.10. The Hall–Kier alpha value is -3.92. The number of likely N-dealkylation sites (tertiary alicyclic amines) is 1. The molecule has 2 aliphatic rings. The summed E-state index contributed by atoms with van der Waals surface area (Å²) in [6.45, 7) is 6.46. The van der Waals surface area contributed by atoms with Gasteiger partial charge in [-0.05, 0) is 35.4 Å². The van der Waals surface area contributed by atoms with Gasteiger partial charge in [0.15, 0.2) is 5.82 Å². The zero-order valence-electron chi connectivity index (χ0n) is 17.0. The van der Waals surface area contributed by atoms with Crippen molar-refractivity contribution in [3.05, 3.63) is 60.9 Å². The van der Waals surface area contributed by atoms with Gasteiger partial charge in [0.05, 0.1) is 5.69 Å². The third kappa shape index (κ3) is 3.08. The van der Waals surface area contributed by atoms with E-state index in [2.05, 4.69) is 27.5 Å². The van der Waals surface area contributed by atoms with E-state index in [0.29, 0.717) is 35.7 Å². The van der Waals surface area contributed by atoms with Crippen molar-refractivity contribution in [3.63, 3.8) is 0 Å². The van der Waals surface area contributed by atoms with Gasteiger partial charge in [0.1, 0.15) is 23.7 Å². The SMILES string of the molecule is C=CC(=O)N1CC2(CCN(c3ncnc(-c4cc(O)cc5ccccc45)c3C#N)C2)C1. The summed E-state index contributed by atoms with van der Waals surface area (Å²) in [4.78, 5) is 24.6. The third-order valence-corrected chi connectivity index (χ3v) is 6.32. The molecular weight excluding hydrogens is 390 g/mol. The monoisotopic (exact) mass is 411 g/mol. The summed E-state index contributed by atoms with van der Waals surface area (Å²) >= 11 is 0. The molecule has 3 aromatic rings. The highest BCUT2D eigenvalue weighted by Crippen LogP contribution is 2.42. The number of amides is 1. The van der Waals surface area contributed by atoms with E-state index in [4.69, 9.17) is 0 Å². The van der Waals surface area contributed by atoms with Gasteiger partial charge in [0, 0.05) is 37.2 Å². The summed E-state index contributed by atoms with van der Waals surface area (Å²) in [5, 5.41) is 22.1. The van der Waals surface area contributed by atoms with Gasteiger partial charge < -0.3 is 14.9 Å². The molecule has 0 unspecified atom stereocenters. The van der Waals surface area contributed by atoms with Crippen LogP contribution in [0.3, 0.4) is 0 Å². The van der Waals surface area contributed by atoms with Gasteiger partial charge in [-0.15, -0.1) is 0 Å². The second kappa shape index (κ2) is 7.10. The number of nitriles is 1. The van der Waals surface area contributed by atoms with Gasteiger partial charge in [0.2, 0.25) is 5.91 Å². The highest BCUT2D eigenvalue weighted by Gasteiger charge is 2.49. The molecule has 1 amide bonds. The average molecular weight is 411 g/mol. The van der Waals surface area contributed by atoms with Gasteiger partial charge in [-0.1, -0.05) is 30.8 Å². The number of hydrogen-bond donors (Lipinski definition) is 1. The highest BCUT2D eigenvalue weighted by molar-refractivity contribution is 5.98. The summed E-state index contributed by atoms with van der Waals surface area (Å²) < 4.78 is 0. The molecule has 7 nitrogen and oxygen atoms in total. The van der Waals surface area contributed by atoms with Crippen molar-refractivity contribution >= 4 is 22.5 Å². The van der Waals surface area contributed by atoms with Crippen molar-refractivity contribution in [2.45, 2.75) is 6.42 Å². The molecule has 2 fully saturated rings. The van der Waals surface area contributed by atoms with Gasteiger partial charge in [-0.3, -0.25) is 4.79 Å². The fraction of sp³-hybridized carbons (Fsp3) is 0.250. The van der Waals surface area contributed by atoms with Crippen LogP contribution in [0.15, 0.2) is 55.4 Å². The number of aromatic nitrogens is 2. The van der Waals surface area contributed by atoms with Crippen molar-refractivity contribution in [1.29, 1.82) is 5.26 Å². The number of phenols is 1. The van der Waals surface area contributed by atoms with E-state index in [9.17, 15) is 15.2 Å². The first-order valence-corrected chi connectivity index (χ1v) is 10.2. The Labute approximate surface area is 179 Å². The number of carbonyl (C=O) groups excluding carboxylic acids is 1. The molecule has 0 saturated carbocycles. The van der Waals surface area contributed by atoms with Gasteiger partial charge in [-0.2, -0.15) is 5.26 Å². The minimum Gasteiger partial charge on any atom is -0.508 e. The van der Waals surface area contributed by atoms with Crippen LogP contribution in [0.2, 0.25) is 0 Å². The number of hydrogen-bond acceptors (Lipinski definition) is 6. The molecule has 1 spiro atoms. The molecular formula is C24H21N5O2. The molecule has 0 radical (unpaired) electrons. The zero-order valence-corrected chi connectivity index (χ0v) is 17.0. The number of carbonyl (C=O) groups is 1. The predicted molar refractivity (Wildman–Crippen MR) is 117 cm³/mol. The molecule has 0 bridgehead atoms. The lowest BCUT2D eigenvalue weighted by atomic mass is 9.79. The van der Waals surface area contributed by atoms with Crippen LogP contribution >= 0.6 is 0 Å². The molecule has 154 valence electrons. The Morgan fingerprint density at radius 2 is 2.03 bits per heavy atom. The summed E-state index contributed by atoms with van der Waals surface area (Å²) in [5.41, 5.74) is 1.65. The summed E-state index contributed by atoms with van der Waals surface area (Å²) in [7, 11) is 0. The van der Waals surface area contributed by atoms with Gasteiger partial charge in [0.25, 0.3) is 0 Å². The van der Waals surface area contributed by atoms with Crippen LogP contribution in [0.4, 0.5) is 5.82 Å². The Kier molecular flexibility index (Phi) is 4.36. The lowest BCUT2D eigenvalue weighted by Crippen LogP contribution is -2.59. The molecule has 2 aliphatic heterocycles. The molecule has 31 heavy (non-hydrogen) atoms. The molecule has 1 aromatic heterocycles. The Bertz CT molecular complexity index is 1260. The Balaban J connectivity index is 1.52. The smallest absolute Gasteiger partial charge is 0.245 e. The first kappa shape index (κ1) is 19.1. The van der Waals surface area contributed by atoms with Gasteiger partial charge >= 0.3 is 0 Å². The maximum Gasteiger partial charge on any atom is 0.245 e. The first-order valence-electron chi connectivity index (χ1n) is 10.2. The number of nitrogens with zero attached hydrogens (tertiary/aromatic N) is 5. The van der Waals surface area contributed by atoms with E-state index in [1.54, 1.807) is 17.0 Å². The maximum atomic E-state index is 11.8. The van der Waals surface area contributed by atoms with Crippen molar-refractivity contribution in [2.75, 3.05) is 31.1 Å². The normalized spacial score (nSPS) is 16.9. The maximum absolute atomic E-state index is 11.8. The van der Waals surface area contributed by atoms with Crippen molar-refractivity contribution in [1.82, 2.24) is 14.9 Å². The Morgan fingerprint density at radius 1 is 1.23 bits per heavy atom. The average Bonchev–Trinajstić information content (AvgIpc) is 3.22. The number of phenolic OH excluding ortho intramolecular Hbond substituents is 1. The van der Waals surface area contributed by atoms with E-state index < -0.39 is 0 Å². The number of rotatable bonds is 3. The molecule has 0 aliphatic carbocycles. The topological polar surface area (TPSA) is 93.3 Å². The quantitative estimate of drug-likeness (QED) is 0.666. The molecule has 7 heteroatoms. The standard InChI is InChI=1S/C24H21N5O2/c1-2-21(31)29-13-24(14-29)7-8-28(12-24)23-20(11-25)22(26-15-27-23)19-10-17(30)9-16-5-3-4-6-18(16)19/h2-6,9-10,15,30H,1,7-8,12-14H2. The van der Waals surface area contributed by atoms with Crippen molar-refractivity contribution in [3.8, 4) is 23.1 Å². The van der Waals surface area contributed by atoms with Gasteiger partial charge in [-0.25, -0.2) is 9.97 Å². The van der Waals surface area contributed by atoms with Crippen LogP contribution in [-0.2, 0) is 4.79 Å². The fourth-order valence-electron chi connectivity index (χ4n) is 4.84. The number of benzene rings is 2. The highest BCUT2D eigenvalue weighted by atomic mass is 16.3. The molecule has 2 saturated heterocycles. The third-order valence-electron chi connectivity index (χ3n) is 6.32. The summed E-state index contributed by atoms with van der Waals surface area (Å²) in [6, 6.07) is 13.3. The fourth-order valence-corrected chi connectivity index (χ4v) is 4.84.